The number of hydrogen-bond acceptors (Lipinski definition) is 7. The molecule has 0 bridgehead atoms. The normalized spacial score (nSPS) is 10.6. The van der Waals surface area contributed by atoms with Crippen LogP contribution in [0.15, 0.2) is 42.5 Å². The average Bonchev–Trinajstić information content (AvgIpc) is 3.15. The first-order chi connectivity index (χ1) is 14.0. The summed E-state index contributed by atoms with van der Waals surface area (Å²) in [4.78, 5) is 35.8. The van der Waals surface area contributed by atoms with E-state index in [0.29, 0.717) is 23.3 Å². The fourth-order valence-electron chi connectivity index (χ4n) is 2.65. The Balaban J connectivity index is 1.55. The molecule has 0 atom stereocenters. The molecule has 9 heteroatoms. The number of amides is 1. The van der Waals surface area contributed by atoms with Crippen LogP contribution in [0.3, 0.4) is 0 Å². The number of fused-ring (bicyclic) bond motifs is 1. The molecule has 150 valence electrons. The van der Waals surface area contributed by atoms with Crippen LogP contribution in [0.2, 0.25) is 0 Å². The Hall–Kier alpha value is -3.75. The van der Waals surface area contributed by atoms with Crippen LogP contribution >= 0.6 is 0 Å². The number of benzene rings is 2. The van der Waals surface area contributed by atoms with Gasteiger partial charge in [0.15, 0.2) is 6.61 Å². The van der Waals surface area contributed by atoms with Crippen molar-refractivity contribution in [2.75, 3.05) is 18.5 Å². The van der Waals surface area contributed by atoms with Crippen molar-refractivity contribution in [3.05, 3.63) is 53.6 Å². The molecule has 1 amide bonds. The summed E-state index contributed by atoms with van der Waals surface area (Å²) < 4.78 is 11.7. The van der Waals surface area contributed by atoms with Crippen molar-refractivity contribution < 1.29 is 23.9 Å². The maximum absolute atomic E-state index is 12.2. The van der Waals surface area contributed by atoms with Crippen molar-refractivity contribution in [3.8, 4) is 0 Å². The molecule has 0 saturated carbocycles. The molecule has 1 heterocycles. The second kappa shape index (κ2) is 8.96. The van der Waals surface area contributed by atoms with Gasteiger partial charge in [-0.2, -0.15) is 0 Å². The maximum Gasteiger partial charge on any atom is 0.338 e. The van der Waals surface area contributed by atoms with Gasteiger partial charge >= 0.3 is 11.9 Å². The molecule has 0 aliphatic heterocycles. The van der Waals surface area contributed by atoms with Crippen LogP contribution in [0.5, 0.6) is 0 Å². The molecule has 0 radical (unpaired) electrons. The SMILES string of the molecule is CCOC(=O)c1ccc(NC(=O)COC(=O)c2ccc3c(c2)nnn3CC)cc1. The molecular weight excluding hydrogens is 376 g/mol. The third kappa shape index (κ3) is 4.75. The summed E-state index contributed by atoms with van der Waals surface area (Å²) in [5.41, 5.74) is 2.52. The molecule has 0 saturated heterocycles. The molecule has 9 nitrogen and oxygen atoms in total. The summed E-state index contributed by atoms with van der Waals surface area (Å²) in [6, 6.07) is 11.1. The molecule has 0 spiro atoms. The van der Waals surface area contributed by atoms with Gasteiger partial charge < -0.3 is 14.8 Å². The fourth-order valence-corrected chi connectivity index (χ4v) is 2.65. The molecule has 2 aromatic carbocycles. The van der Waals surface area contributed by atoms with Crippen molar-refractivity contribution in [2.24, 2.45) is 0 Å². The number of anilines is 1. The van der Waals surface area contributed by atoms with E-state index in [4.69, 9.17) is 9.47 Å². The van der Waals surface area contributed by atoms with E-state index in [9.17, 15) is 14.4 Å². The number of rotatable bonds is 7. The van der Waals surface area contributed by atoms with E-state index in [1.54, 1.807) is 41.9 Å². The van der Waals surface area contributed by atoms with Crippen LogP contribution in [-0.2, 0) is 20.8 Å². The molecule has 3 rings (SSSR count). The Morgan fingerprint density at radius 1 is 0.966 bits per heavy atom. The number of nitrogens with one attached hydrogen (secondary N) is 1. The van der Waals surface area contributed by atoms with Gasteiger partial charge in [-0.25, -0.2) is 14.3 Å². The zero-order chi connectivity index (χ0) is 20.8. The highest BCUT2D eigenvalue weighted by atomic mass is 16.5. The van der Waals surface area contributed by atoms with Crippen LogP contribution in [0, 0.1) is 0 Å². The average molecular weight is 396 g/mol. The maximum atomic E-state index is 12.2. The zero-order valence-corrected chi connectivity index (χ0v) is 16.0. The molecule has 1 aromatic heterocycles. The molecule has 0 aliphatic carbocycles. The number of aryl methyl sites for hydroxylation is 1. The Bertz CT molecular complexity index is 1040. The largest absolute Gasteiger partial charge is 0.462 e. The van der Waals surface area contributed by atoms with Crippen molar-refractivity contribution in [3.63, 3.8) is 0 Å². The Morgan fingerprint density at radius 3 is 2.34 bits per heavy atom. The highest BCUT2D eigenvalue weighted by Gasteiger charge is 2.13. The van der Waals surface area contributed by atoms with Crippen LogP contribution in [0.25, 0.3) is 11.0 Å². The summed E-state index contributed by atoms with van der Waals surface area (Å²) in [7, 11) is 0. The Kier molecular flexibility index (Phi) is 6.18. The monoisotopic (exact) mass is 396 g/mol. The summed E-state index contributed by atoms with van der Waals surface area (Å²) >= 11 is 0. The van der Waals surface area contributed by atoms with E-state index in [2.05, 4.69) is 15.6 Å². The third-order valence-electron chi connectivity index (χ3n) is 4.06. The van der Waals surface area contributed by atoms with Crippen LogP contribution in [0.1, 0.15) is 34.6 Å². The number of nitrogens with zero attached hydrogens (tertiary/aromatic N) is 3. The van der Waals surface area contributed by atoms with Crippen molar-refractivity contribution in [1.82, 2.24) is 15.0 Å². The minimum absolute atomic E-state index is 0.284. The van der Waals surface area contributed by atoms with E-state index in [-0.39, 0.29) is 12.2 Å². The first-order valence-corrected chi connectivity index (χ1v) is 9.09. The van der Waals surface area contributed by atoms with Crippen molar-refractivity contribution in [2.45, 2.75) is 20.4 Å². The molecule has 0 unspecified atom stereocenters. The number of carbonyl (C=O) groups is 3. The van der Waals surface area contributed by atoms with E-state index in [1.807, 2.05) is 6.92 Å². The number of carbonyl (C=O) groups excluding carboxylic acids is 3. The summed E-state index contributed by atoms with van der Waals surface area (Å²) in [6.07, 6.45) is 0. The number of ether oxygens (including phenoxy) is 2. The topological polar surface area (TPSA) is 112 Å². The lowest BCUT2D eigenvalue weighted by molar-refractivity contribution is -0.119. The van der Waals surface area contributed by atoms with E-state index in [1.165, 1.54) is 12.1 Å². The van der Waals surface area contributed by atoms with Crippen molar-refractivity contribution >= 4 is 34.6 Å². The highest BCUT2D eigenvalue weighted by Crippen LogP contribution is 2.15. The van der Waals surface area contributed by atoms with Gasteiger partial charge in [0.2, 0.25) is 0 Å². The van der Waals surface area contributed by atoms with Crippen molar-refractivity contribution in [1.29, 1.82) is 0 Å². The molecule has 1 N–H and O–H groups in total. The summed E-state index contributed by atoms with van der Waals surface area (Å²) in [5.74, 6) is -1.57. The van der Waals surface area contributed by atoms with Crippen LogP contribution < -0.4 is 5.32 Å². The zero-order valence-electron chi connectivity index (χ0n) is 16.0. The lowest BCUT2D eigenvalue weighted by Crippen LogP contribution is -2.21. The van der Waals surface area contributed by atoms with Gasteiger partial charge in [-0.05, 0) is 56.3 Å². The van der Waals surface area contributed by atoms with Gasteiger partial charge in [0, 0.05) is 12.2 Å². The molecule has 29 heavy (non-hydrogen) atoms. The van der Waals surface area contributed by atoms with Gasteiger partial charge in [0.1, 0.15) is 5.52 Å². The minimum Gasteiger partial charge on any atom is -0.462 e. The number of aromatic nitrogens is 3. The molecular formula is C20H20N4O5. The minimum atomic E-state index is -0.634. The predicted molar refractivity (Wildman–Crippen MR) is 105 cm³/mol. The van der Waals surface area contributed by atoms with E-state index < -0.39 is 24.5 Å². The summed E-state index contributed by atoms with van der Waals surface area (Å²) in [6.45, 7) is 4.17. The smallest absolute Gasteiger partial charge is 0.338 e. The third-order valence-corrected chi connectivity index (χ3v) is 4.06. The van der Waals surface area contributed by atoms with Crippen LogP contribution in [0.4, 0.5) is 5.69 Å². The highest BCUT2D eigenvalue weighted by molar-refractivity contribution is 5.97. The predicted octanol–water partition coefficient (Wildman–Crippen LogP) is 2.42. The van der Waals surface area contributed by atoms with Gasteiger partial charge in [0.25, 0.3) is 5.91 Å². The second-order valence-corrected chi connectivity index (χ2v) is 6.03. The number of esters is 2. The van der Waals surface area contributed by atoms with Crippen LogP contribution in [-0.4, -0.2) is 46.1 Å². The molecule has 0 aliphatic rings. The van der Waals surface area contributed by atoms with Gasteiger partial charge in [0.05, 0.1) is 23.3 Å². The Morgan fingerprint density at radius 2 is 1.66 bits per heavy atom. The van der Waals surface area contributed by atoms with Gasteiger partial charge in [-0.15, -0.1) is 5.10 Å². The first kappa shape index (κ1) is 20.0. The molecule has 3 aromatic rings. The number of hydrogen-bond donors (Lipinski definition) is 1. The quantitative estimate of drug-likeness (QED) is 0.610. The standard InChI is InChI=1S/C20H20N4O5/c1-3-24-17-10-7-14(11-16(17)22-23-24)20(27)29-12-18(25)21-15-8-5-13(6-9-15)19(26)28-4-2/h5-11H,3-4,12H2,1-2H3,(H,21,25). The lowest BCUT2D eigenvalue weighted by Gasteiger charge is -2.08. The van der Waals surface area contributed by atoms with E-state index >= 15 is 0 Å². The Labute approximate surface area is 166 Å². The summed E-state index contributed by atoms with van der Waals surface area (Å²) in [5, 5.41) is 10.6. The fraction of sp³-hybridized carbons (Fsp3) is 0.250. The lowest BCUT2D eigenvalue weighted by atomic mass is 10.2. The van der Waals surface area contributed by atoms with Gasteiger partial charge in [-0.3, -0.25) is 4.79 Å². The first-order valence-electron chi connectivity index (χ1n) is 9.09. The van der Waals surface area contributed by atoms with Gasteiger partial charge in [-0.1, -0.05) is 5.21 Å². The van der Waals surface area contributed by atoms with E-state index in [0.717, 1.165) is 5.52 Å². The second-order valence-electron chi connectivity index (χ2n) is 6.03. The molecule has 0 fully saturated rings.